The molecule has 1 amide bonds. The third kappa shape index (κ3) is 2.41. The first kappa shape index (κ1) is 13.8. The molecule has 0 saturated heterocycles. The summed E-state index contributed by atoms with van der Waals surface area (Å²) in [5.74, 6) is 0.258. The Hall–Kier alpha value is -2.61. The predicted octanol–water partition coefficient (Wildman–Crippen LogP) is 3.47. The molecule has 1 aromatic heterocycles. The minimum Gasteiger partial charge on any atom is -0.466 e. The maximum Gasteiger partial charge on any atom is 0.259 e. The number of nitrogens with zero attached hydrogens (tertiary/aromatic N) is 1. The molecule has 1 aromatic carbocycles. The molecule has 20 heavy (non-hydrogen) atoms. The number of carbonyl (C=O) groups is 1. The third-order valence-electron chi connectivity index (χ3n) is 3.13. The summed E-state index contributed by atoms with van der Waals surface area (Å²) in [6.45, 7) is 5.29. The van der Waals surface area contributed by atoms with Gasteiger partial charge >= 0.3 is 0 Å². The number of nitriles is 1. The Labute approximate surface area is 115 Å². The number of aryl methyl sites for hydroxylation is 2. The quantitative estimate of drug-likeness (QED) is 0.910. The second-order valence-corrected chi connectivity index (χ2v) is 4.47. The fraction of sp³-hybridized carbons (Fsp3) is 0.200. The summed E-state index contributed by atoms with van der Waals surface area (Å²) in [6, 6.07) is 5.58. The molecule has 102 valence electrons. The van der Waals surface area contributed by atoms with E-state index in [0.29, 0.717) is 22.8 Å². The fourth-order valence-electron chi connectivity index (χ4n) is 2.01. The Kier molecular flexibility index (Phi) is 3.57. The molecule has 4 nitrogen and oxygen atoms in total. The van der Waals surface area contributed by atoms with Gasteiger partial charge in [0.1, 0.15) is 23.4 Å². The third-order valence-corrected chi connectivity index (χ3v) is 3.13. The minimum absolute atomic E-state index is 0.111. The molecule has 0 aliphatic carbocycles. The first-order chi connectivity index (χ1) is 9.43. The summed E-state index contributed by atoms with van der Waals surface area (Å²) in [6.07, 6.45) is 0. The fourth-order valence-corrected chi connectivity index (χ4v) is 2.01. The summed E-state index contributed by atoms with van der Waals surface area (Å²) in [5.41, 5.74) is 1.48. The number of benzene rings is 1. The van der Waals surface area contributed by atoms with E-state index in [2.05, 4.69) is 5.32 Å². The van der Waals surface area contributed by atoms with Gasteiger partial charge in [0.15, 0.2) is 0 Å². The number of rotatable bonds is 2. The lowest BCUT2D eigenvalue weighted by atomic mass is 10.1. The van der Waals surface area contributed by atoms with Gasteiger partial charge in [-0.25, -0.2) is 4.39 Å². The summed E-state index contributed by atoms with van der Waals surface area (Å²) < 4.78 is 18.6. The summed E-state index contributed by atoms with van der Waals surface area (Å²) in [4.78, 5) is 12.2. The van der Waals surface area contributed by atoms with E-state index in [4.69, 9.17) is 9.68 Å². The molecule has 0 aliphatic rings. The van der Waals surface area contributed by atoms with Gasteiger partial charge in [-0.05, 0) is 39.0 Å². The molecule has 0 unspecified atom stereocenters. The zero-order valence-corrected chi connectivity index (χ0v) is 11.4. The van der Waals surface area contributed by atoms with Crippen molar-refractivity contribution in [1.82, 2.24) is 0 Å². The topological polar surface area (TPSA) is 66.0 Å². The first-order valence-electron chi connectivity index (χ1n) is 6.01. The van der Waals surface area contributed by atoms with Gasteiger partial charge in [-0.1, -0.05) is 0 Å². The van der Waals surface area contributed by atoms with Crippen LogP contribution in [0.2, 0.25) is 0 Å². The van der Waals surface area contributed by atoms with E-state index in [1.807, 2.05) is 0 Å². The van der Waals surface area contributed by atoms with Crippen molar-refractivity contribution in [3.63, 3.8) is 0 Å². The van der Waals surface area contributed by atoms with Crippen molar-refractivity contribution in [3.8, 4) is 6.07 Å². The van der Waals surface area contributed by atoms with Crippen LogP contribution in [0.15, 0.2) is 22.6 Å². The Balaban J connectivity index is 2.31. The smallest absolute Gasteiger partial charge is 0.259 e. The van der Waals surface area contributed by atoms with Crippen LogP contribution in [0.4, 0.5) is 10.1 Å². The number of halogens is 1. The Morgan fingerprint density at radius 1 is 1.30 bits per heavy atom. The number of carbonyl (C=O) groups excluding carboxylic acids is 1. The first-order valence-corrected chi connectivity index (χ1v) is 6.01. The number of amides is 1. The van der Waals surface area contributed by atoms with Gasteiger partial charge in [-0.3, -0.25) is 4.79 Å². The Bertz CT molecular complexity index is 726. The van der Waals surface area contributed by atoms with E-state index < -0.39 is 5.82 Å². The molecule has 2 rings (SSSR count). The Morgan fingerprint density at radius 2 is 2.00 bits per heavy atom. The van der Waals surface area contributed by atoms with Crippen LogP contribution in [-0.2, 0) is 0 Å². The van der Waals surface area contributed by atoms with Gasteiger partial charge in [0.25, 0.3) is 5.91 Å². The number of hydrogen-bond acceptors (Lipinski definition) is 3. The summed E-state index contributed by atoms with van der Waals surface area (Å²) in [7, 11) is 0. The van der Waals surface area contributed by atoms with Crippen molar-refractivity contribution >= 4 is 11.6 Å². The van der Waals surface area contributed by atoms with Crippen LogP contribution in [0.25, 0.3) is 0 Å². The van der Waals surface area contributed by atoms with Crippen molar-refractivity contribution in [1.29, 1.82) is 5.26 Å². The largest absolute Gasteiger partial charge is 0.466 e. The molecule has 0 spiro atoms. The lowest BCUT2D eigenvalue weighted by Gasteiger charge is -2.06. The molecule has 0 radical (unpaired) electrons. The van der Waals surface area contributed by atoms with Crippen LogP contribution >= 0.6 is 0 Å². The monoisotopic (exact) mass is 272 g/mol. The van der Waals surface area contributed by atoms with Crippen LogP contribution in [0.5, 0.6) is 0 Å². The minimum atomic E-state index is -0.614. The molecular formula is C15H13FN2O2. The highest BCUT2D eigenvalue weighted by Gasteiger charge is 2.18. The van der Waals surface area contributed by atoms with Crippen LogP contribution in [-0.4, -0.2) is 5.91 Å². The zero-order valence-electron chi connectivity index (χ0n) is 11.4. The average Bonchev–Trinajstić information content (AvgIpc) is 2.65. The molecular weight excluding hydrogens is 259 g/mol. The van der Waals surface area contributed by atoms with E-state index in [1.165, 1.54) is 12.1 Å². The van der Waals surface area contributed by atoms with Gasteiger partial charge in [0, 0.05) is 11.3 Å². The molecule has 1 N–H and O–H groups in total. The molecule has 0 saturated carbocycles. The van der Waals surface area contributed by atoms with Gasteiger partial charge < -0.3 is 9.73 Å². The van der Waals surface area contributed by atoms with Crippen LogP contribution < -0.4 is 5.32 Å². The van der Waals surface area contributed by atoms with Crippen molar-refractivity contribution in [3.05, 3.63) is 52.2 Å². The normalized spacial score (nSPS) is 10.2. The molecule has 0 fully saturated rings. The van der Waals surface area contributed by atoms with Crippen LogP contribution in [0.1, 0.15) is 33.0 Å². The van der Waals surface area contributed by atoms with Gasteiger partial charge in [0.05, 0.1) is 11.1 Å². The second kappa shape index (κ2) is 5.17. The standard InChI is InChI=1S/C15H13FN2O2/c1-8-9(2)20-10(3)14(8)15(19)18-12-4-5-13(16)11(6-12)7-17/h4-6H,1-3H3,(H,18,19). The number of nitrogens with one attached hydrogen (secondary N) is 1. The number of hydrogen-bond donors (Lipinski definition) is 1. The number of furan rings is 1. The maximum atomic E-state index is 13.2. The molecule has 0 bridgehead atoms. The molecule has 0 atom stereocenters. The highest BCUT2D eigenvalue weighted by molar-refractivity contribution is 6.06. The van der Waals surface area contributed by atoms with E-state index >= 15 is 0 Å². The van der Waals surface area contributed by atoms with Crippen LogP contribution in [0.3, 0.4) is 0 Å². The zero-order chi connectivity index (χ0) is 14.9. The van der Waals surface area contributed by atoms with Gasteiger partial charge in [0.2, 0.25) is 0 Å². The second-order valence-electron chi connectivity index (χ2n) is 4.47. The van der Waals surface area contributed by atoms with Gasteiger partial charge in [-0.15, -0.1) is 0 Å². The van der Waals surface area contributed by atoms with E-state index in [9.17, 15) is 9.18 Å². The molecule has 5 heteroatoms. The summed E-state index contributed by atoms with van der Waals surface area (Å²) >= 11 is 0. The highest BCUT2D eigenvalue weighted by Crippen LogP contribution is 2.22. The lowest BCUT2D eigenvalue weighted by molar-refractivity contribution is 0.102. The highest BCUT2D eigenvalue weighted by atomic mass is 19.1. The van der Waals surface area contributed by atoms with E-state index in [-0.39, 0.29) is 11.5 Å². The van der Waals surface area contributed by atoms with Gasteiger partial charge in [-0.2, -0.15) is 5.26 Å². The molecule has 2 aromatic rings. The van der Waals surface area contributed by atoms with E-state index in [0.717, 1.165) is 11.6 Å². The average molecular weight is 272 g/mol. The van der Waals surface area contributed by atoms with Crippen molar-refractivity contribution in [2.75, 3.05) is 5.32 Å². The van der Waals surface area contributed by atoms with Crippen molar-refractivity contribution in [2.45, 2.75) is 20.8 Å². The SMILES string of the molecule is Cc1oc(C)c(C(=O)Nc2ccc(F)c(C#N)c2)c1C. The Morgan fingerprint density at radius 3 is 2.55 bits per heavy atom. The summed E-state index contributed by atoms with van der Waals surface area (Å²) in [5, 5.41) is 11.4. The molecule has 1 heterocycles. The van der Waals surface area contributed by atoms with Crippen molar-refractivity contribution in [2.24, 2.45) is 0 Å². The lowest BCUT2D eigenvalue weighted by Crippen LogP contribution is -2.13. The molecule has 0 aliphatic heterocycles. The number of anilines is 1. The van der Waals surface area contributed by atoms with Crippen molar-refractivity contribution < 1.29 is 13.6 Å². The predicted molar refractivity (Wildman–Crippen MR) is 72.0 cm³/mol. The maximum absolute atomic E-state index is 13.2. The van der Waals surface area contributed by atoms with E-state index in [1.54, 1.807) is 26.8 Å². The van der Waals surface area contributed by atoms with Crippen LogP contribution in [0, 0.1) is 37.9 Å².